The fourth-order valence-electron chi connectivity index (χ4n) is 2.49. The number of amides is 1. The molecule has 2 aromatic rings. The quantitative estimate of drug-likeness (QED) is 0.907. The lowest BCUT2D eigenvalue weighted by Gasteiger charge is -2.09. The van der Waals surface area contributed by atoms with Crippen LogP contribution < -0.4 is 10.1 Å². The maximum atomic E-state index is 11.9. The Kier molecular flexibility index (Phi) is 3.89. The molecule has 0 radical (unpaired) electrons. The summed E-state index contributed by atoms with van der Waals surface area (Å²) in [5, 5.41) is 12.6. The molecule has 0 atom stereocenters. The van der Waals surface area contributed by atoms with Gasteiger partial charge in [0.15, 0.2) is 0 Å². The van der Waals surface area contributed by atoms with Crippen LogP contribution in [0.1, 0.15) is 28.8 Å². The van der Waals surface area contributed by atoms with E-state index < -0.39 is 6.09 Å². The molecule has 0 spiro atoms. The average Bonchev–Trinajstić information content (AvgIpc) is 2.85. The lowest BCUT2D eigenvalue weighted by molar-refractivity contribution is 0.215. The highest BCUT2D eigenvalue weighted by Gasteiger charge is 2.22. The summed E-state index contributed by atoms with van der Waals surface area (Å²) in [6.07, 6.45) is 3.60. The molecule has 0 bridgehead atoms. The van der Waals surface area contributed by atoms with Crippen molar-refractivity contribution in [3.8, 4) is 11.8 Å². The van der Waals surface area contributed by atoms with Gasteiger partial charge in [0, 0.05) is 4.88 Å². The van der Waals surface area contributed by atoms with Crippen molar-refractivity contribution in [1.29, 1.82) is 5.26 Å². The SMILES string of the molecule is N#Cc1c(NC(=O)Oc2ccccc2)sc2c1CCCC2. The number of hydrogen-bond acceptors (Lipinski definition) is 4. The molecule has 106 valence electrons. The summed E-state index contributed by atoms with van der Waals surface area (Å²) < 4.78 is 5.20. The third-order valence-electron chi connectivity index (χ3n) is 3.45. The highest BCUT2D eigenvalue weighted by atomic mass is 32.1. The molecule has 0 saturated carbocycles. The van der Waals surface area contributed by atoms with Gasteiger partial charge in [-0.2, -0.15) is 5.26 Å². The minimum Gasteiger partial charge on any atom is -0.410 e. The Labute approximate surface area is 127 Å². The number of nitrogens with one attached hydrogen (secondary N) is 1. The van der Waals surface area contributed by atoms with Crippen LogP contribution in [0, 0.1) is 11.3 Å². The van der Waals surface area contributed by atoms with Gasteiger partial charge < -0.3 is 4.74 Å². The molecular formula is C16H14N2O2S. The lowest BCUT2D eigenvalue weighted by atomic mass is 9.96. The minimum absolute atomic E-state index is 0.481. The monoisotopic (exact) mass is 298 g/mol. The Morgan fingerprint density at radius 3 is 2.76 bits per heavy atom. The molecule has 0 saturated heterocycles. The second-order valence-electron chi connectivity index (χ2n) is 4.85. The smallest absolute Gasteiger partial charge is 0.410 e. The average molecular weight is 298 g/mol. The molecule has 21 heavy (non-hydrogen) atoms. The molecular weight excluding hydrogens is 284 g/mol. The Bertz CT molecular complexity index is 701. The first kappa shape index (κ1) is 13.7. The number of ether oxygens (including phenoxy) is 1. The van der Waals surface area contributed by atoms with Crippen LogP contribution in [0.15, 0.2) is 30.3 Å². The summed E-state index contributed by atoms with van der Waals surface area (Å²) in [6.45, 7) is 0. The second kappa shape index (κ2) is 5.98. The van der Waals surface area contributed by atoms with Crippen molar-refractivity contribution in [3.63, 3.8) is 0 Å². The number of rotatable bonds is 2. The van der Waals surface area contributed by atoms with Gasteiger partial charge in [-0.05, 0) is 43.4 Å². The summed E-state index contributed by atoms with van der Waals surface area (Å²) >= 11 is 1.49. The fourth-order valence-corrected chi connectivity index (χ4v) is 3.71. The third-order valence-corrected chi connectivity index (χ3v) is 4.66. The summed E-state index contributed by atoms with van der Waals surface area (Å²) in [5.74, 6) is 0.481. The van der Waals surface area contributed by atoms with Crippen LogP contribution in [0.3, 0.4) is 0 Å². The van der Waals surface area contributed by atoms with Crippen LogP contribution in [0.25, 0.3) is 0 Å². The van der Waals surface area contributed by atoms with Gasteiger partial charge in [0.05, 0.1) is 5.56 Å². The highest BCUT2D eigenvalue weighted by molar-refractivity contribution is 7.16. The van der Waals surface area contributed by atoms with E-state index in [0.717, 1.165) is 31.2 Å². The molecule has 1 N–H and O–H groups in total. The molecule has 1 aliphatic carbocycles. The first-order valence-electron chi connectivity index (χ1n) is 6.86. The number of carbonyl (C=O) groups excluding carboxylic acids is 1. The summed E-state index contributed by atoms with van der Waals surface area (Å²) in [4.78, 5) is 13.1. The first-order chi connectivity index (χ1) is 10.3. The maximum Gasteiger partial charge on any atom is 0.417 e. The van der Waals surface area contributed by atoms with Gasteiger partial charge >= 0.3 is 6.09 Å². The molecule has 1 aromatic carbocycles. The number of benzene rings is 1. The van der Waals surface area contributed by atoms with E-state index in [1.165, 1.54) is 16.2 Å². The number of aryl methyl sites for hydroxylation is 1. The van der Waals surface area contributed by atoms with E-state index in [4.69, 9.17) is 4.74 Å². The van der Waals surface area contributed by atoms with E-state index >= 15 is 0 Å². The normalized spacial score (nSPS) is 13.1. The van der Waals surface area contributed by atoms with Crippen LogP contribution in [0.5, 0.6) is 5.75 Å². The van der Waals surface area contributed by atoms with Gasteiger partial charge in [0.25, 0.3) is 0 Å². The zero-order valence-corrected chi connectivity index (χ0v) is 12.2. The van der Waals surface area contributed by atoms with Crippen molar-refractivity contribution in [2.75, 3.05) is 5.32 Å². The topological polar surface area (TPSA) is 62.1 Å². The Morgan fingerprint density at radius 1 is 1.24 bits per heavy atom. The third kappa shape index (κ3) is 2.91. The summed E-state index contributed by atoms with van der Waals surface area (Å²) in [5.41, 5.74) is 1.70. The van der Waals surface area contributed by atoms with Gasteiger partial charge in [0.1, 0.15) is 16.8 Å². The number of carbonyl (C=O) groups is 1. The van der Waals surface area contributed by atoms with Crippen LogP contribution in [-0.4, -0.2) is 6.09 Å². The Balaban J connectivity index is 1.77. The number of hydrogen-bond donors (Lipinski definition) is 1. The molecule has 1 aliphatic rings. The van der Waals surface area contributed by atoms with Gasteiger partial charge in [-0.15, -0.1) is 11.3 Å². The van der Waals surface area contributed by atoms with Crippen molar-refractivity contribution < 1.29 is 9.53 Å². The zero-order chi connectivity index (χ0) is 14.7. The molecule has 1 aromatic heterocycles. The second-order valence-corrected chi connectivity index (χ2v) is 5.96. The van der Waals surface area contributed by atoms with E-state index in [9.17, 15) is 10.1 Å². The van der Waals surface area contributed by atoms with Crippen LogP contribution >= 0.6 is 11.3 Å². The van der Waals surface area contributed by atoms with Gasteiger partial charge in [-0.1, -0.05) is 18.2 Å². The van der Waals surface area contributed by atoms with E-state index in [1.807, 2.05) is 6.07 Å². The number of nitrogens with zero attached hydrogens (tertiary/aromatic N) is 1. The first-order valence-corrected chi connectivity index (χ1v) is 7.68. The molecule has 3 rings (SSSR count). The van der Waals surface area contributed by atoms with E-state index in [2.05, 4.69) is 11.4 Å². The zero-order valence-electron chi connectivity index (χ0n) is 11.4. The van der Waals surface area contributed by atoms with Crippen LogP contribution in [-0.2, 0) is 12.8 Å². The van der Waals surface area contributed by atoms with Crippen molar-refractivity contribution in [2.24, 2.45) is 0 Å². The number of thiophene rings is 1. The minimum atomic E-state index is -0.559. The van der Waals surface area contributed by atoms with E-state index in [1.54, 1.807) is 24.3 Å². The van der Waals surface area contributed by atoms with Crippen molar-refractivity contribution in [1.82, 2.24) is 0 Å². The largest absolute Gasteiger partial charge is 0.417 e. The molecule has 0 unspecified atom stereocenters. The molecule has 5 heteroatoms. The van der Waals surface area contributed by atoms with Crippen molar-refractivity contribution in [3.05, 3.63) is 46.3 Å². The molecule has 4 nitrogen and oxygen atoms in total. The van der Waals surface area contributed by atoms with Crippen molar-refractivity contribution in [2.45, 2.75) is 25.7 Å². The standard InChI is InChI=1S/C16H14N2O2S/c17-10-13-12-8-4-5-9-14(12)21-15(13)18-16(19)20-11-6-2-1-3-7-11/h1-3,6-7H,4-5,8-9H2,(H,18,19). The molecule has 1 heterocycles. The number of anilines is 1. The predicted molar refractivity (Wildman–Crippen MR) is 81.8 cm³/mol. The Hall–Kier alpha value is -2.32. The number of nitriles is 1. The lowest BCUT2D eigenvalue weighted by Crippen LogP contribution is -2.16. The summed E-state index contributed by atoms with van der Waals surface area (Å²) in [7, 11) is 0. The predicted octanol–water partition coefficient (Wildman–Crippen LogP) is 4.11. The molecule has 0 fully saturated rings. The van der Waals surface area contributed by atoms with Crippen molar-refractivity contribution >= 4 is 22.4 Å². The van der Waals surface area contributed by atoms with E-state index in [0.29, 0.717) is 16.3 Å². The molecule has 0 aliphatic heterocycles. The highest BCUT2D eigenvalue weighted by Crippen LogP contribution is 2.37. The summed E-state index contributed by atoms with van der Waals surface area (Å²) in [6, 6.07) is 11.1. The Morgan fingerprint density at radius 2 is 2.00 bits per heavy atom. The van der Waals surface area contributed by atoms with Gasteiger partial charge in [0.2, 0.25) is 0 Å². The van der Waals surface area contributed by atoms with Crippen LogP contribution in [0.2, 0.25) is 0 Å². The number of para-hydroxylation sites is 1. The maximum absolute atomic E-state index is 11.9. The fraction of sp³-hybridized carbons (Fsp3) is 0.250. The molecule has 1 amide bonds. The van der Waals surface area contributed by atoms with Gasteiger partial charge in [-0.3, -0.25) is 5.32 Å². The van der Waals surface area contributed by atoms with Gasteiger partial charge in [-0.25, -0.2) is 4.79 Å². The van der Waals surface area contributed by atoms with Crippen LogP contribution in [0.4, 0.5) is 9.80 Å². The van der Waals surface area contributed by atoms with E-state index in [-0.39, 0.29) is 0 Å². The number of fused-ring (bicyclic) bond motifs is 1.